The Labute approximate surface area is 240 Å². The maximum absolute atomic E-state index is 11.9. The second-order valence-corrected chi connectivity index (χ2v) is 11.6. The number of thioether (sulfide) groups is 1. The van der Waals surface area contributed by atoms with Crippen molar-refractivity contribution in [1.82, 2.24) is 25.6 Å². The Kier molecular flexibility index (Phi) is 7.76. The minimum absolute atomic E-state index is 0.347. The fourth-order valence-electron chi connectivity index (χ4n) is 5.01. The summed E-state index contributed by atoms with van der Waals surface area (Å²) in [5, 5.41) is 8.90. The molecule has 2 N–H and O–H groups in total. The van der Waals surface area contributed by atoms with Crippen LogP contribution in [-0.4, -0.2) is 52.8 Å². The monoisotopic (exact) mass is 572 g/mol. The molecule has 9 nitrogen and oxygen atoms in total. The molecule has 2 aliphatic rings. The number of hydrogen-bond donors (Lipinski definition) is 2. The first-order chi connectivity index (χ1) is 19.6. The number of nitrogens with zero attached hydrogens (tertiary/aromatic N) is 4. The minimum atomic E-state index is -0.386. The van der Waals surface area contributed by atoms with Crippen molar-refractivity contribution in [2.45, 2.75) is 19.4 Å². The predicted octanol–water partition coefficient (Wildman–Crippen LogP) is 5.09. The molecule has 0 bridgehead atoms. The number of carbonyl (C=O) groups excluding carboxylic acids is 2. The molecule has 6 rings (SSSR count). The molecule has 2 aliphatic heterocycles. The van der Waals surface area contributed by atoms with Gasteiger partial charge in [0.05, 0.1) is 29.1 Å². The number of aromatic nitrogens is 3. The maximum Gasteiger partial charge on any atom is 0.290 e. The molecule has 0 atom stereocenters. The summed E-state index contributed by atoms with van der Waals surface area (Å²) < 4.78 is 6.87. The average molecular weight is 573 g/mol. The van der Waals surface area contributed by atoms with Gasteiger partial charge in [-0.05, 0) is 67.4 Å². The van der Waals surface area contributed by atoms with Gasteiger partial charge in [0.25, 0.3) is 11.1 Å². The molecule has 5 heterocycles. The molecule has 2 fully saturated rings. The highest BCUT2D eigenvalue weighted by Gasteiger charge is 2.26. The number of benzene rings is 1. The molecule has 0 saturated carbocycles. The standard InChI is InChI=1S/C29H28N6O3S2/c1-38-24-7-6-22(21-17-39-25-5-3-2-4-20(21)25)33-23(24)16-30-15-18-9-12-35(13-10-18)28-31-11-8-19(32-28)14-26-27(36)34-29(37)40-26/h2-8,11,14,17-18,30H,9-10,12-13,15-16H2,1H3,(H,34,36,37). The maximum atomic E-state index is 11.9. The minimum Gasteiger partial charge on any atom is -0.495 e. The molecular formula is C29H28N6O3S2. The Balaban J connectivity index is 1.05. The third-order valence-corrected chi connectivity index (χ3v) is 8.89. The zero-order valence-corrected chi connectivity index (χ0v) is 23.6. The lowest BCUT2D eigenvalue weighted by atomic mass is 9.97. The molecular weight excluding hydrogens is 544 g/mol. The summed E-state index contributed by atoms with van der Waals surface area (Å²) >= 11 is 2.62. The Bertz CT molecular complexity index is 1600. The molecule has 0 aliphatic carbocycles. The molecule has 11 heteroatoms. The van der Waals surface area contributed by atoms with Crippen LogP contribution in [0.1, 0.15) is 24.2 Å². The number of amides is 2. The number of pyridine rings is 1. The summed E-state index contributed by atoms with van der Waals surface area (Å²) in [4.78, 5) is 39.8. The van der Waals surface area contributed by atoms with Crippen molar-refractivity contribution < 1.29 is 14.3 Å². The topological polar surface area (TPSA) is 109 Å². The van der Waals surface area contributed by atoms with Crippen LogP contribution in [0.25, 0.3) is 27.4 Å². The number of thiophene rings is 1. The van der Waals surface area contributed by atoms with E-state index in [9.17, 15) is 9.59 Å². The quantitative estimate of drug-likeness (QED) is 0.279. The fourth-order valence-corrected chi connectivity index (χ4v) is 6.63. The van der Waals surface area contributed by atoms with Crippen molar-refractivity contribution in [3.8, 4) is 17.0 Å². The summed E-state index contributed by atoms with van der Waals surface area (Å²) in [6, 6.07) is 14.2. The van der Waals surface area contributed by atoms with E-state index in [1.165, 1.54) is 10.1 Å². The second-order valence-electron chi connectivity index (χ2n) is 9.69. The van der Waals surface area contributed by atoms with Gasteiger partial charge in [0.1, 0.15) is 5.75 Å². The number of hydrogen-bond acceptors (Lipinski definition) is 10. The second kappa shape index (κ2) is 11.7. The van der Waals surface area contributed by atoms with E-state index in [-0.39, 0.29) is 11.1 Å². The SMILES string of the molecule is COc1ccc(-c2csc3ccccc23)nc1CNCC1CCN(c2nccc(C=C3SC(=O)NC3=O)n2)CC1. The molecule has 1 aromatic carbocycles. The van der Waals surface area contributed by atoms with Crippen molar-refractivity contribution in [3.05, 3.63) is 70.3 Å². The van der Waals surface area contributed by atoms with Crippen LogP contribution in [0.5, 0.6) is 5.75 Å². The normalized spacial score (nSPS) is 17.1. The largest absolute Gasteiger partial charge is 0.495 e. The number of methoxy groups -OCH3 is 1. The lowest BCUT2D eigenvalue weighted by Crippen LogP contribution is -2.38. The number of fused-ring (bicyclic) bond motifs is 1. The van der Waals surface area contributed by atoms with Crippen molar-refractivity contribution in [3.63, 3.8) is 0 Å². The van der Waals surface area contributed by atoms with E-state index >= 15 is 0 Å². The number of piperidine rings is 1. The van der Waals surface area contributed by atoms with E-state index in [1.54, 1.807) is 36.8 Å². The smallest absolute Gasteiger partial charge is 0.290 e. The Morgan fingerprint density at radius 3 is 2.77 bits per heavy atom. The van der Waals surface area contributed by atoms with Crippen LogP contribution >= 0.6 is 23.1 Å². The molecule has 0 spiro atoms. The van der Waals surface area contributed by atoms with Crippen LogP contribution < -0.4 is 20.3 Å². The number of rotatable bonds is 8. The molecule has 0 radical (unpaired) electrons. The lowest BCUT2D eigenvalue weighted by Gasteiger charge is -2.32. The molecule has 204 valence electrons. The van der Waals surface area contributed by atoms with Crippen LogP contribution in [0.15, 0.2) is 58.9 Å². The van der Waals surface area contributed by atoms with E-state index in [1.807, 2.05) is 12.1 Å². The third kappa shape index (κ3) is 5.72. The zero-order valence-electron chi connectivity index (χ0n) is 21.9. The summed E-state index contributed by atoms with van der Waals surface area (Å²) in [5.74, 6) is 1.57. The Morgan fingerprint density at radius 2 is 1.98 bits per heavy atom. The lowest BCUT2D eigenvalue weighted by molar-refractivity contribution is -0.115. The van der Waals surface area contributed by atoms with Gasteiger partial charge in [-0.1, -0.05) is 18.2 Å². The van der Waals surface area contributed by atoms with E-state index in [0.717, 1.165) is 66.9 Å². The average Bonchev–Trinajstić information content (AvgIpc) is 3.55. The summed E-state index contributed by atoms with van der Waals surface area (Å²) in [6.45, 7) is 3.22. The van der Waals surface area contributed by atoms with Gasteiger partial charge in [0, 0.05) is 46.9 Å². The summed E-state index contributed by atoms with van der Waals surface area (Å²) in [6.07, 6.45) is 5.35. The highest BCUT2D eigenvalue weighted by Crippen LogP contribution is 2.34. The van der Waals surface area contributed by atoms with E-state index in [0.29, 0.717) is 29.0 Å². The molecule has 0 unspecified atom stereocenters. The van der Waals surface area contributed by atoms with E-state index < -0.39 is 0 Å². The van der Waals surface area contributed by atoms with Crippen LogP contribution in [0, 0.1) is 5.92 Å². The zero-order chi connectivity index (χ0) is 27.5. The van der Waals surface area contributed by atoms with Crippen molar-refractivity contribution >= 4 is 56.4 Å². The highest BCUT2D eigenvalue weighted by molar-refractivity contribution is 8.18. The van der Waals surface area contributed by atoms with Gasteiger partial charge < -0.3 is 15.0 Å². The van der Waals surface area contributed by atoms with Crippen LogP contribution in [0.3, 0.4) is 0 Å². The van der Waals surface area contributed by atoms with Crippen LogP contribution in [0.2, 0.25) is 0 Å². The predicted molar refractivity (Wildman–Crippen MR) is 159 cm³/mol. The first kappa shape index (κ1) is 26.4. The first-order valence-electron chi connectivity index (χ1n) is 13.1. The Hall–Kier alpha value is -3.80. The fraction of sp³-hybridized carbons (Fsp3) is 0.276. The molecule has 40 heavy (non-hydrogen) atoms. The number of anilines is 1. The molecule has 2 amide bonds. The summed E-state index contributed by atoms with van der Waals surface area (Å²) in [5.41, 5.74) is 3.63. The number of carbonyl (C=O) groups is 2. The van der Waals surface area contributed by atoms with Gasteiger partial charge in [0.15, 0.2) is 0 Å². The number of nitrogens with one attached hydrogen (secondary N) is 2. The van der Waals surface area contributed by atoms with Crippen molar-refractivity contribution in [1.29, 1.82) is 0 Å². The molecule has 2 saturated heterocycles. The third-order valence-electron chi connectivity index (χ3n) is 7.12. The van der Waals surface area contributed by atoms with Gasteiger partial charge in [-0.15, -0.1) is 11.3 Å². The first-order valence-corrected chi connectivity index (χ1v) is 14.8. The van der Waals surface area contributed by atoms with Crippen molar-refractivity contribution in [2.75, 3.05) is 31.6 Å². The number of imide groups is 1. The highest BCUT2D eigenvalue weighted by atomic mass is 32.2. The summed E-state index contributed by atoms with van der Waals surface area (Å²) in [7, 11) is 1.68. The molecule has 3 aromatic heterocycles. The van der Waals surface area contributed by atoms with Gasteiger partial charge in [-0.2, -0.15) is 0 Å². The molecule has 4 aromatic rings. The van der Waals surface area contributed by atoms with Crippen LogP contribution in [0.4, 0.5) is 10.7 Å². The van der Waals surface area contributed by atoms with Gasteiger partial charge in [-0.3, -0.25) is 14.9 Å². The Morgan fingerprint density at radius 1 is 1.12 bits per heavy atom. The van der Waals surface area contributed by atoms with E-state index in [4.69, 9.17) is 9.72 Å². The number of ether oxygens (including phenoxy) is 1. The van der Waals surface area contributed by atoms with Gasteiger partial charge in [-0.25, -0.2) is 15.0 Å². The van der Waals surface area contributed by atoms with Gasteiger partial charge in [0.2, 0.25) is 5.95 Å². The van der Waals surface area contributed by atoms with Crippen LogP contribution in [-0.2, 0) is 11.3 Å². The van der Waals surface area contributed by atoms with Gasteiger partial charge >= 0.3 is 0 Å². The van der Waals surface area contributed by atoms with E-state index in [2.05, 4.69) is 55.1 Å². The van der Waals surface area contributed by atoms with Crippen molar-refractivity contribution in [2.24, 2.45) is 5.92 Å².